The van der Waals surface area contributed by atoms with E-state index < -0.39 is 0 Å². The summed E-state index contributed by atoms with van der Waals surface area (Å²) < 4.78 is 15.6. The molecule has 2 amide bonds. The Balaban J connectivity index is 1.30. The summed E-state index contributed by atoms with van der Waals surface area (Å²) in [6, 6.07) is 11.8. The van der Waals surface area contributed by atoms with Gasteiger partial charge in [0.05, 0.1) is 20.3 Å². The van der Waals surface area contributed by atoms with Gasteiger partial charge in [0, 0.05) is 68.1 Å². The van der Waals surface area contributed by atoms with Crippen molar-refractivity contribution in [3.63, 3.8) is 0 Å². The highest BCUT2D eigenvalue weighted by molar-refractivity contribution is 5.93. The molecule has 1 aliphatic heterocycles. The monoisotopic (exact) mass is 516 g/mol. The fourth-order valence-electron chi connectivity index (χ4n) is 4.96. The Hall–Kier alpha value is -4.01. The van der Waals surface area contributed by atoms with Crippen LogP contribution < -0.4 is 14.4 Å². The number of unbranched alkanes of at least 4 members (excludes halogenated alkanes) is 2. The molecule has 0 saturated carbocycles. The van der Waals surface area contributed by atoms with E-state index in [2.05, 4.69) is 33.8 Å². The Kier molecular flexibility index (Phi) is 8.11. The lowest BCUT2D eigenvalue weighted by molar-refractivity contribution is 0.192. The van der Waals surface area contributed by atoms with Crippen LogP contribution in [0.1, 0.15) is 38.2 Å². The molecule has 1 aromatic carbocycles. The standard InChI is InChI=1S/C29H36N6O3/c1-3-4-5-20-38-27-21-24(8-9-26(27)37-2)35-16-7-14-33(29(35)36)22-23-10-13-30-28-25(23)11-17-32(28)18-19-34-15-6-12-31-34/h6,8-13,15,17,21H,3-5,7,14,16,18-20,22H2,1-2H3. The first-order chi connectivity index (χ1) is 18.7. The van der Waals surface area contributed by atoms with Crippen LogP contribution >= 0.6 is 0 Å². The third-order valence-corrected chi connectivity index (χ3v) is 7.02. The van der Waals surface area contributed by atoms with E-state index in [0.717, 1.165) is 67.6 Å². The number of hydrogen-bond acceptors (Lipinski definition) is 5. The minimum absolute atomic E-state index is 0.00132. The van der Waals surface area contributed by atoms with Gasteiger partial charge in [-0.25, -0.2) is 9.78 Å². The summed E-state index contributed by atoms with van der Waals surface area (Å²) in [4.78, 5) is 22.0. The van der Waals surface area contributed by atoms with Gasteiger partial charge in [0.1, 0.15) is 5.65 Å². The molecule has 38 heavy (non-hydrogen) atoms. The summed E-state index contributed by atoms with van der Waals surface area (Å²) in [5.74, 6) is 1.36. The fourth-order valence-corrected chi connectivity index (χ4v) is 4.96. The smallest absolute Gasteiger partial charge is 0.324 e. The number of amides is 2. The molecule has 0 radical (unpaired) electrons. The number of hydrogen-bond donors (Lipinski definition) is 0. The van der Waals surface area contributed by atoms with E-state index in [1.165, 1.54) is 0 Å². The van der Waals surface area contributed by atoms with Crippen molar-refractivity contribution in [3.05, 3.63) is 66.7 Å². The highest BCUT2D eigenvalue weighted by Gasteiger charge is 2.28. The number of methoxy groups -OCH3 is 1. The van der Waals surface area contributed by atoms with Crippen LogP contribution in [0, 0.1) is 0 Å². The molecule has 3 aromatic heterocycles. The molecule has 0 bridgehead atoms. The van der Waals surface area contributed by atoms with Gasteiger partial charge >= 0.3 is 6.03 Å². The summed E-state index contributed by atoms with van der Waals surface area (Å²) in [6.45, 7) is 6.28. The van der Waals surface area contributed by atoms with Crippen LogP contribution in [-0.4, -0.2) is 57.1 Å². The molecule has 0 N–H and O–H groups in total. The molecular weight excluding hydrogens is 480 g/mol. The van der Waals surface area contributed by atoms with Crippen LogP contribution in [-0.2, 0) is 19.6 Å². The number of carbonyl (C=O) groups excluding carboxylic acids is 1. The van der Waals surface area contributed by atoms with Crippen LogP contribution in [0.2, 0.25) is 0 Å². The van der Waals surface area contributed by atoms with Gasteiger partial charge < -0.3 is 18.9 Å². The van der Waals surface area contributed by atoms with E-state index in [0.29, 0.717) is 31.2 Å². The van der Waals surface area contributed by atoms with Crippen molar-refractivity contribution in [1.29, 1.82) is 0 Å². The first-order valence-corrected chi connectivity index (χ1v) is 13.5. The van der Waals surface area contributed by atoms with Gasteiger partial charge in [-0.1, -0.05) is 19.8 Å². The quantitative estimate of drug-likeness (QED) is 0.238. The largest absolute Gasteiger partial charge is 0.493 e. The lowest BCUT2D eigenvalue weighted by Gasteiger charge is -2.36. The maximum Gasteiger partial charge on any atom is 0.324 e. The van der Waals surface area contributed by atoms with E-state index >= 15 is 0 Å². The van der Waals surface area contributed by atoms with Crippen molar-refractivity contribution >= 4 is 22.8 Å². The molecule has 9 nitrogen and oxygen atoms in total. The van der Waals surface area contributed by atoms with Crippen molar-refractivity contribution in [2.45, 2.75) is 52.2 Å². The molecule has 4 aromatic rings. The summed E-state index contributed by atoms with van der Waals surface area (Å²) >= 11 is 0. The third-order valence-electron chi connectivity index (χ3n) is 7.02. The number of benzene rings is 1. The summed E-state index contributed by atoms with van der Waals surface area (Å²) in [5.41, 5.74) is 2.85. The highest BCUT2D eigenvalue weighted by atomic mass is 16.5. The zero-order valence-corrected chi connectivity index (χ0v) is 22.3. The van der Waals surface area contributed by atoms with Crippen LogP contribution in [0.25, 0.3) is 11.0 Å². The van der Waals surface area contributed by atoms with E-state index in [-0.39, 0.29) is 6.03 Å². The average Bonchev–Trinajstić information content (AvgIpc) is 3.61. The first kappa shape index (κ1) is 25.6. The molecule has 5 rings (SSSR count). The number of aromatic nitrogens is 4. The zero-order chi connectivity index (χ0) is 26.3. The number of rotatable bonds is 12. The highest BCUT2D eigenvalue weighted by Crippen LogP contribution is 2.33. The van der Waals surface area contributed by atoms with Crippen molar-refractivity contribution in [3.8, 4) is 11.5 Å². The molecule has 0 atom stereocenters. The van der Waals surface area contributed by atoms with E-state index in [9.17, 15) is 4.79 Å². The number of anilines is 1. The number of urea groups is 1. The molecule has 1 fully saturated rings. The molecule has 4 heterocycles. The molecule has 0 spiro atoms. The van der Waals surface area contributed by atoms with Crippen LogP contribution in [0.4, 0.5) is 10.5 Å². The molecule has 1 aliphatic rings. The summed E-state index contributed by atoms with van der Waals surface area (Å²) in [7, 11) is 1.64. The lowest BCUT2D eigenvalue weighted by atomic mass is 10.1. The minimum atomic E-state index is 0.00132. The Labute approximate surface area is 223 Å². The van der Waals surface area contributed by atoms with Gasteiger partial charge in [0.2, 0.25) is 0 Å². The van der Waals surface area contributed by atoms with Crippen molar-refractivity contribution in [2.24, 2.45) is 0 Å². The normalized spacial score (nSPS) is 13.9. The van der Waals surface area contributed by atoms with Gasteiger partial charge in [-0.3, -0.25) is 9.58 Å². The van der Waals surface area contributed by atoms with Gasteiger partial charge in [-0.15, -0.1) is 0 Å². The topological polar surface area (TPSA) is 77.7 Å². The Bertz CT molecular complexity index is 1350. The van der Waals surface area contributed by atoms with Crippen molar-refractivity contribution in [2.75, 3.05) is 31.7 Å². The number of pyridine rings is 1. The molecule has 9 heteroatoms. The van der Waals surface area contributed by atoms with Crippen LogP contribution in [0.3, 0.4) is 0 Å². The zero-order valence-electron chi connectivity index (χ0n) is 22.3. The lowest BCUT2D eigenvalue weighted by Crippen LogP contribution is -2.49. The van der Waals surface area contributed by atoms with Gasteiger partial charge in [0.15, 0.2) is 11.5 Å². The van der Waals surface area contributed by atoms with Crippen LogP contribution in [0.15, 0.2) is 61.2 Å². The Morgan fingerprint density at radius 2 is 1.92 bits per heavy atom. The Morgan fingerprint density at radius 3 is 2.74 bits per heavy atom. The van der Waals surface area contributed by atoms with Gasteiger partial charge in [0.25, 0.3) is 0 Å². The molecule has 1 saturated heterocycles. The third kappa shape index (κ3) is 5.61. The summed E-state index contributed by atoms with van der Waals surface area (Å²) in [6.07, 6.45) is 11.8. The molecule has 0 aliphatic carbocycles. The Morgan fingerprint density at radius 1 is 1.00 bits per heavy atom. The SMILES string of the molecule is CCCCCOc1cc(N2CCCN(Cc3ccnc4c3ccn4CCn3cccn3)C2=O)ccc1OC. The number of aryl methyl sites for hydroxylation is 2. The molecule has 0 unspecified atom stereocenters. The molecular formula is C29H36N6O3. The fraction of sp³-hybridized carbons (Fsp3) is 0.414. The second-order valence-corrected chi connectivity index (χ2v) is 9.59. The van der Waals surface area contributed by atoms with Gasteiger partial charge in [-0.05, 0) is 48.7 Å². The number of nitrogens with zero attached hydrogens (tertiary/aromatic N) is 6. The van der Waals surface area contributed by atoms with Crippen LogP contribution in [0.5, 0.6) is 11.5 Å². The second kappa shape index (κ2) is 12.0. The first-order valence-electron chi connectivity index (χ1n) is 13.5. The maximum absolute atomic E-state index is 13.6. The van der Waals surface area contributed by atoms with E-state index in [1.54, 1.807) is 13.3 Å². The number of ether oxygens (including phenoxy) is 2. The van der Waals surface area contributed by atoms with Crippen molar-refractivity contribution in [1.82, 2.24) is 24.2 Å². The summed E-state index contributed by atoms with van der Waals surface area (Å²) in [5, 5.41) is 5.36. The van der Waals surface area contributed by atoms with Crippen molar-refractivity contribution < 1.29 is 14.3 Å². The van der Waals surface area contributed by atoms with E-state index in [4.69, 9.17) is 9.47 Å². The molecule has 200 valence electrons. The predicted molar refractivity (Wildman–Crippen MR) is 148 cm³/mol. The minimum Gasteiger partial charge on any atom is -0.493 e. The van der Waals surface area contributed by atoms with E-state index in [1.807, 2.05) is 57.2 Å². The number of carbonyl (C=O) groups is 1. The number of fused-ring (bicyclic) bond motifs is 1. The second-order valence-electron chi connectivity index (χ2n) is 9.59. The van der Waals surface area contributed by atoms with Gasteiger partial charge in [-0.2, -0.15) is 5.10 Å². The maximum atomic E-state index is 13.6. The average molecular weight is 517 g/mol. The predicted octanol–water partition coefficient (Wildman–Crippen LogP) is 5.34.